The Hall–Kier alpha value is -2.09. The van der Waals surface area contributed by atoms with E-state index in [0.717, 1.165) is 38.3 Å². The van der Waals surface area contributed by atoms with Crippen molar-refractivity contribution < 1.29 is 14.3 Å². The Labute approximate surface area is 173 Å². The molecule has 0 saturated carbocycles. The highest BCUT2D eigenvalue weighted by molar-refractivity contribution is 9.10. The van der Waals surface area contributed by atoms with E-state index in [-0.39, 0.29) is 5.91 Å². The molecule has 0 saturated heterocycles. The fraction of sp³-hybridized carbons (Fsp3) is 0.158. The summed E-state index contributed by atoms with van der Waals surface area (Å²) in [4.78, 5) is 18.4. The van der Waals surface area contributed by atoms with Gasteiger partial charge in [-0.3, -0.25) is 10.1 Å². The zero-order valence-electron chi connectivity index (χ0n) is 14.4. The molecule has 27 heavy (non-hydrogen) atoms. The van der Waals surface area contributed by atoms with Crippen molar-refractivity contribution in [3.63, 3.8) is 0 Å². The summed E-state index contributed by atoms with van der Waals surface area (Å²) in [5.41, 5.74) is 3.33. The molecule has 5 nitrogen and oxygen atoms in total. The molecule has 0 spiro atoms. The van der Waals surface area contributed by atoms with Crippen LogP contribution in [0.3, 0.4) is 0 Å². The van der Waals surface area contributed by atoms with Crippen LogP contribution in [0.25, 0.3) is 11.3 Å². The van der Waals surface area contributed by atoms with Gasteiger partial charge in [-0.2, -0.15) is 0 Å². The van der Waals surface area contributed by atoms with Crippen molar-refractivity contribution in [1.82, 2.24) is 4.98 Å². The van der Waals surface area contributed by atoms with Crippen LogP contribution in [0.2, 0.25) is 5.02 Å². The first kappa shape index (κ1) is 18.3. The molecule has 1 N–H and O–H groups in total. The lowest BCUT2D eigenvalue weighted by Crippen LogP contribution is -2.13. The minimum absolute atomic E-state index is 0.316. The maximum absolute atomic E-state index is 12.7. The molecule has 0 unspecified atom stereocenters. The van der Waals surface area contributed by atoms with Crippen molar-refractivity contribution in [2.24, 2.45) is 0 Å². The van der Waals surface area contributed by atoms with Gasteiger partial charge in [0.2, 0.25) is 0 Å². The van der Waals surface area contributed by atoms with E-state index in [1.165, 1.54) is 18.4 Å². The molecule has 1 aliphatic rings. The average Bonchev–Trinajstić information content (AvgIpc) is 3.20. The lowest BCUT2D eigenvalue weighted by molar-refractivity contribution is 0.102. The molecule has 1 heterocycles. The third kappa shape index (κ3) is 3.20. The molecule has 0 fully saturated rings. The lowest BCUT2D eigenvalue weighted by atomic mass is 10.1. The quantitative estimate of drug-likeness (QED) is 0.438. The van der Waals surface area contributed by atoms with E-state index in [0.29, 0.717) is 21.5 Å². The average molecular weight is 466 g/mol. The van der Waals surface area contributed by atoms with Crippen molar-refractivity contribution in [2.75, 3.05) is 19.5 Å². The topological polar surface area (TPSA) is 60.5 Å². The first-order valence-electron chi connectivity index (χ1n) is 8.02. The highest BCUT2D eigenvalue weighted by Gasteiger charge is 2.29. The zero-order valence-corrected chi connectivity index (χ0v) is 17.6. The van der Waals surface area contributed by atoms with Crippen LogP contribution in [0.1, 0.15) is 20.8 Å². The summed E-state index contributed by atoms with van der Waals surface area (Å²) in [7, 11) is 3.15. The first-order chi connectivity index (χ1) is 13.0. The molecular formula is C19H14BrClN2O3S. The van der Waals surface area contributed by atoms with Crippen LogP contribution < -0.4 is 14.8 Å². The third-order valence-electron chi connectivity index (χ3n) is 4.34. The van der Waals surface area contributed by atoms with Crippen molar-refractivity contribution in [3.05, 3.63) is 55.8 Å². The van der Waals surface area contributed by atoms with Crippen LogP contribution in [0, 0.1) is 0 Å². The number of methoxy groups -OCH3 is 2. The van der Waals surface area contributed by atoms with Gasteiger partial charge in [-0.1, -0.05) is 27.5 Å². The Morgan fingerprint density at radius 1 is 1.22 bits per heavy atom. The van der Waals surface area contributed by atoms with E-state index in [9.17, 15) is 4.79 Å². The highest BCUT2D eigenvalue weighted by atomic mass is 79.9. The molecule has 0 aliphatic heterocycles. The number of carbonyl (C=O) groups excluding carboxylic acids is 1. The Bertz CT molecular complexity index is 1070. The molecule has 0 radical (unpaired) electrons. The number of benzene rings is 2. The molecule has 4 rings (SSSR count). The Kier molecular flexibility index (Phi) is 4.84. The Morgan fingerprint density at radius 3 is 2.70 bits per heavy atom. The number of anilines is 1. The molecular weight excluding hydrogens is 452 g/mol. The van der Waals surface area contributed by atoms with E-state index >= 15 is 0 Å². The summed E-state index contributed by atoms with van der Waals surface area (Å²) in [6.45, 7) is 0. The van der Waals surface area contributed by atoms with Gasteiger partial charge in [0, 0.05) is 26.4 Å². The molecule has 1 aromatic heterocycles. The second-order valence-electron chi connectivity index (χ2n) is 5.87. The number of nitrogens with one attached hydrogen (secondary N) is 1. The number of rotatable bonds is 4. The number of carbonyl (C=O) groups is 1. The minimum atomic E-state index is -0.316. The van der Waals surface area contributed by atoms with E-state index in [2.05, 4.69) is 26.2 Å². The van der Waals surface area contributed by atoms with Crippen LogP contribution in [-0.2, 0) is 6.42 Å². The van der Waals surface area contributed by atoms with Gasteiger partial charge in [0.05, 0.1) is 25.5 Å². The predicted molar refractivity (Wildman–Crippen MR) is 111 cm³/mol. The van der Waals surface area contributed by atoms with Gasteiger partial charge in [-0.05, 0) is 35.9 Å². The van der Waals surface area contributed by atoms with Gasteiger partial charge in [0.25, 0.3) is 5.91 Å². The second-order valence-corrected chi connectivity index (χ2v) is 8.24. The van der Waals surface area contributed by atoms with E-state index < -0.39 is 0 Å². The molecule has 0 atom stereocenters. The predicted octanol–water partition coefficient (Wildman–Crippen LogP) is 5.40. The van der Waals surface area contributed by atoms with E-state index in [4.69, 9.17) is 21.1 Å². The molecule has 3 aromatic rings. The lowest BCUT2D eigenvalue weighted by Gasteiger charge is -2.09. The number of amides is 1. The zero-order chi connectivity index (χ0) is 19.1. The van der Waals surface area contributed by atoms with Gasteiger partial charge >= 0.3 is 0 Å². The summed E-state index contributed by atoms with van der Waals surface area (Å²) >= 11 is 11.1. The van der Waals surface area contributed by atoms with Crippen LogP contribution in [0.15, 0.2) is 34.8 Å². The van der Waals surface area contributed by atoms with Gasteiger partial charge in [0.15, 0.2) is 5.13 Å². The van der Waals surface area contributed by atoms with Crippen molar-refractivity contribution in [1.29, 1.82) is 0 Å². The Morgan fingerprint density at radius 2 is 1.96 bits per heavy atom. The van der Waals surface area contributed by atoms with Crippen LogP contribution >= 0.6 is 38.9 Å². The standard InChI is InChI=1S/C19H14BrClN2O3S/c1-25-13-5-3-9(21)7-11(13)18(24)23-19-22-17-15(27-19)8-10-12(20)4-6-14(26-2)16(10)17/h3-7H,8H2,1-2H3,(H,22,23,24). The van der Waals surface area contributed by atoms with Crippen molar-refractivity contribution >= 4 is 49.9 Å². The fourth-order valence-electron chi connectivity index (χ4n) is 3.11. The van der Waals surface area contributed by atoms with Crippen LogP contribution in [0.5, 0.6) is 11.5 Å². The van der Waals surface area contributed by atoms with E-state index in [1.807, 2.05) is 12.1 Å². The van der Waals surface area contributed by atoms with Gasteiger partial charge in [-0.15, -0.1) is 11.3 Å². The third-order valence-corrected chi connectivity index (χ3v) is 6.28. The van der Waals surface area contributed by atoms with Crippen molar-refractivity contribution in [2.45, 2.75) is 6.42 Å². The number of thiazole rings is 1. The highest BCUT2D eigenvalue weighted by Crippen LogP contribution is 2.48. The molecule has 0 bridgehead atoms. The van der Waals surface area contributed by atoms with Crippen LogP contribution in [-0.4, -0.2) is 25.1 Å². The molecule has 1 aliphatic carbocycles. The number of halogens is 2. The van der Waals surface area contributed by atoms with Gasteiger partial charge in [-0.25, -0.2) is 4.98 Å². The molecule has 2 aromatic carbocycles. The smallest absolute Gasteiger partial charge is 0.261 e. The minimum Gasteiger partial charge on any atom is -0.496 e. The monoisotopic (exact) mass is 464 g/mol. The Balaban J connectivity index is 1.67. The van der Waals surface area contributed by atoms with Crippen molar-refractivity contribution in [3.8, 4) is 22.8 Å². The number of nitrogens with zero attached hydrogens (tertiary/aromatic N) is 1. The number of fused-ring (bicyclic) bond motifs is 3. The number of hydrogen-bond donors (Lipinski definition) is 1. The largest absolute Gasteiger partial charge is 0.496 e. The van der Waals surface area contributed by atoms with E-state index in [1.54, 1.807) is 25.3 Å². The first-order valence-corrected chi connectivity index (χ1v) is 10.0. The van der Waals surface area contributed by atoms with Crippen LogP contribution in [0.4, 0.5) is 5.13 Å². The summed E-state index contributed by atoms with van der Waals surface area (Å²) in [5, 5.41) is 3.84. The SMILES string of the molecule is COc1ccc(Cl)cc1C(=O)Nc1nc2c(s1)Cc1c(Br)ccc(OC)c1-2. The number of aromatic nitrogens is 1. The fourth-order valence-corrected chi connectivity index (χ4v) is 4.72. The summed E-state index contributed by atoms with van der Waals surface area (Å²) in [6, 6.07) is 8.80. The summed E-state index contributed by atoms with van der Waals surface area (Å²) < 4.78 is 11.8. The molecule has 138 valence electrons. The molecule has 1 amide bonds. The second kappa shape index (κ2) is 7.14. The maximum atomic E-state index is 12.7. The summed E-state index contributed by atoms with van der Waals surface area (Å²) in [6.07, 6.45) is 0.747. The number of ether oxygens (including phenoxy) is 2. The van der Waals surface area contributed by atoms with Gasteiger partial charge in [0.1, 0.15) is 11.5 Å². The number of hydrogen-bond acceptors (Lipinski definition) is 5. The normalized spacial score (nSPS) is 11.7. The maximum Gasteiger partial charge on any atom is 0.261 e. The molecule has 8 heteroatoms. The summed E-state index contributed by atoms with van der Waals surface area (Å²) in [5.74, 6) is 0.909. The van der Waals surface area contributed by atoms with Gasteiger partial charge < -0.3 is 9.47 Å².